The lowest BCUT2D eigenvalue weighted by molar-refractivity contribution is 0.102. The van der Waals surface area contributed by atoms with Gasteiger partial charge >= 0.3 is 0 Å². The Morgan fingerprint density at radius 1 is 0.962 bits per heavy atom. The molecule has 1 aromatic heterocycles. The number of nitrogens with one attached hydrogen (secondary N) is 2. The van der Waals surface area contributed by atoms with E-state index in [2.05, 4.69) is 15.0 Å². The molecule has 132 valence electrons. The van der Waals surface area contributed by atoms with Gasteiger partial charge in [-0.2, -0.15) is 0 Å². The summed E-state index contributed by atoms with van der Waals surface area (Å²) in [5.41, 5.74) is 0.514. The average Bonchev–Trinajstić information content (AvgIpc) is 2.64. The average molecular weight is 371 g/mol. The number of anilines is 2. The summed E-state index contributed by atoms with van der Waals surface area (Å²) >= 11 is 0. The van der Waals surface area contributed by atoms with Crippen molar-refractivity contribution in [1.29, 1.82) is 0 Å². The molecule has 1 amide bonds. The fourth-order valence-corrected chi connectivity index (χ4v) is 3.30. The highest BCUT2D eigenvalue weighted by molar-refractivity contribution is 7.92. The molecule has 0 saturated carbocycles. The molecule has 2 N–H and O–H groups in total. The zero-order valence-corrected chi connectivity index (χ0v) is 14.2. The van der Waals surface area contributed by atoms with Crippen LogP contribution < -0.4 is 10.0 Å². The molecule has 0 aliphatic rings. The lowest BCUT2D eigenvalue weighted by Gasteiger charge is -2.10. The van der Waals surface area contributed by atoms with E-state index < -0.39 is 21.7 Å². The highest BCUT2D eigenvalue weighted by atomic mass is 32.2. The molecule has 3 rings (SSSR count). The Morgan fingerprint density at radius 2 is 1.69 bits per heavy atom. The van der Waals surface area contributed by atoms with Crippen LogP contribution in [0.2, 0.25) is 0 Å². The van der Waals surface area contributed by atoms with Gasteiger partial charge in [0.05, 0.1) is 10.6 Å². The summed E-state index contributed by atoms with van der Waals surface area (Å²) in [5.74, 6) is -1.16. The van der Waals surface area contributed by atoms with E-state index in [1.165, 1.54) is 54.9 Å². The molecule has 0 saturated heterocycles. The van der Waals surface area contributed by atoms with E-state index in [-0.39, 0.29) is 16.1 Å². The van der Waals surface area contributed by atoms with Crippen molar-refractivity contribution in [3.63, 3.8) is 0 Å². The zero-order valence-electron chi connectivity index (χ0n) is 13.4. The summed E-state index contributed by atoms with van der Waals surface area (Å²) in [6.07, 6.45) is 3.05. The maximum atomic E-state index is 13.7. The van der Waals surface area contributed by atoms with Crippen LogP contribution in [0.15, 0.2) is 78.0 Å². The summed E-state index contributed by atoms with van der Waals surface area (Å²) in [4.78, 5) is 16.0. The quantitative estimate of drug-likeness (QED) is 0.720. The molecule has 0 fully saturated rings. The van der Waals surface area contributed by atoms with E-state index in [9.17, 15) is 17.6 Å². The van der Waals surface area contributed by atoms with Crippen LogP contribution >= 0.6 is 0 Å². The SMILES string of the molecule is O=C(Nc1ccncc1)c1cccc(S(=O)(=O)Nc2ccccc2F)c1. The molecule has 0 spiro atoms. The van der Waals surface area contributed by atoms with E-state index in [4.69, 9.17) is 0 Å². The molecule has 0 radical (unpaired) electrons. The lowest BCUT2D eigenvalue weighted by atomic mass is 10.2. The maximum absolute atomic E-state index is 13.7. The molecule has 26 heavy (non-hydrogen) atoms. The van der Waals surface area contributed by atoms with E-state index >= 15 is 0 Å². The molecule has 6 nitrogen and oxygen atoms in total. The number of amides is 1. The third-order valence-corrected chi connectivity index (χ3v) is 4.83. The fourth-order valence-electron chi connectivity index (χ4n) is 2.19. The van der Waals surface area contributed by atoms with Crippen molar-refractivity contribution in [2.24, 2.45) is 0 Å². The van der Waals surface area contributed by atoms with Crippen LogP contribution in [0.25, 0.3) is 0 Å². The number of para-hydroxylation sites is 1. The van der Waals surface area contributed by atoms with Gasteiger partial charge in [0.15, 0.2) is 0 Å². The number of carbonyl (C=O) groups excluding carboxylic acids is 1. The van der Waals surface area contributed by atoms with Crippen molar-refractivity contribution in [3.05, 3.63) is 84.4 Å². The third-order valence-electron chi connectivity index (χ3n) is 3.46. The van der Waals surface area contributed by atoms with Crippen LogP contribution in [0.4, 0.5) is 15.8 Å². The number of aromatic nitrogens is 1. The Bertz CT molecular complexity index is 1040. The molecular weight excluding hydrogens is 357 g/mol. The van der Waals surface area contributed by atoms with Gasteiger partial charge in [0.25, 0.3) is 15.9 Å². The standard InChI is InChI=1S/C18H14FN3O3S/c19-16-6-1-2-7-17(16)22-26(24,25)15-5-3-4-13(12-15)18(23)21-14-8-10-20-11-9-14/h1-12,22H,(H,20,21,23). The van der Waals surface area contributed by atoms with Crippen LogP contribution in [-0.2, 0) is 10.0 Å². The predicted molar refractivity (Wildman–Crippen MR) is 95.8 cm³/mol. The highest BCUT2D eigenvalue weighted by Crippen LogP contribution is 2.20. The number of pyridine rings is 1. The van der Waals surface area contributed by atoms with Gasteiger partial charge in [0, 0.05) is 23.6 Å². The minimum atomic E-state index is -4.04. The first-order valence-corrected chi connectivity index (χ1v) is 9.03. The van der Waals surface area contributed by atoms with Gasteiger partial charge in [-0.1, -0.05) is 18.2 Å². The summed E-state index contributed by atoms with van der Waals surface area (Å²) in [6.45, 7) is 0. The normalized spacial score (nSPS) is 11.0. The Hall–Kier alpha value is -3.26. The van der Waals surface area contributed by atoms with Crippen LogP contribution in [0.3, 0.4) is 0 Å². The molecule has 8 heteroatoms. The molecule has 1 heterocycles. The Balaban J connectivity index is 1.84. The largest absolute Gasteiger partial charge is 0.322 e. The van der Waals surface area contributed by atoms with E-state index in [1.807, 2.05) is 0 Å². The monoisotopic (exact) mass is 371 g/mol. The second-order valence-electron chi connectivity index (χ2n) is 5.30. The first kappa shape index (κ1) is 17.6. The summed E-state index contributed by atoms with van der Waals surface area (Å²) in [5, 5.41) is 2.64. The van der Waals surface area contributed by atoms with E-state index in [0.717, 1.165) is 6.07 Å². The molecule has 0 unspecified atom stereocenters. The van der Waals surface area contributed by atoms with Gasteiger partial charge in [-0.15, -0.1) is 0 Å². The van der Waals surface area contributed by atoms with Gasteiger partial charge in [0.2, 0.25) is 0 Å². The molecule has 0 atom stereocenters. The van der Waals surface area contributed by atoms with Crippen LogP contribution in [0, 0.1) is 5.82 Å². The third kappa shape index (κ3) is 4.04. The second kappa shape index (κ2) is 7.32. The number of rotatable bonds is 5. The zero-order chi connectivity index (χ0) is 18.6. The maximum Gasteiger partial charge on any atom is 0.262 e. The summed E-state index contributed by atoms with van der Waals surface area (Å²) in [6, 6.07) is 14.1. The molecule has 3 aromatic rings. The van der Waals surface area contributed by atoms with Crippen molar-refractivity contribution in [3.8, 4) is 0 Å². The number of sulfonamides is 1. The number of carbonyl (C=O) groups is 1. The van der Waals surface area contributed by atoms with Gasteiger partial charge < -0.3 is 5.32 Å². The van der Waals surface area contributed by atoms with Crippen molar-refractivity contribution in [2.45, 2.75) is 4.90 Å². The molecule has 2 aromatic carbocycles. The minimum absolute atomic E-state index is 0.150. The minimum Gasteiger partial charge on any atom is -0.322 e. The summed E-state index contributed by atoms with van der Waals surface area (Å²) in [7, 11) is -4.04. The number of benzene rings is 2. The Morgan fingerprint density at radius 3 is 2.42 bits per heavy atom. The first-order valence-electron chi connectivity index (χ1n) is 7.54. The van der Waals surface area contributed by atoms with E-state index in [0.29, 0.717) is 5.69 Å². The van der Waals surface area contributed by atoms with Crippen molar-refractivity contribution in [2.75, 3.05) is 10.0 Å². The molecule has 0 bridgehead atoms. The van der Waals surface area contributed by atoms with Crippen molar-refractivity contribution >= 4 is 27.3 Å². The van der Waals surface area contributed by atoms with Crippen molar-refractivity contribution < 1.29 is 17.6 Å². The lowest BCUT2D eigenvalue weighted by Crippen LogP contribution is -2.16. The second-order valence-corrected chi connectivity index (χ2v) is 6.99. The van der Waals surface area contributed by atoms with Gasteiger partial charge in [-0.25, -0.2) is 12.8 Å². The Labute approximate surface area is 149 Å². The first-order chi connectivity index (χ1) is 12.5. The molecule has 0 aliphatic carbocycles. The van der Waals surface area contributed by atoms with Gasteiger partial charge in [-0.05, 0) is 42.5 Å². The molecular formula is C18H14FN3O3S. The van der Waals surface area contributed by atoms with Gasteiger partial charge in [-0.3, -0.25) is 14.5 Å². The number of nitrogens with zero attached hydrogens (tertiary/aromatic N) is 1. The molecule has 0 aliphatic heterocycles. The highest BCUT2D eigenvalue weighted by Gasteiger charge is 2.18. The van der Waals surface area contributed by atoms with Gasteiger partial charge in [0.1, 0.15) is 5.82 Å². The number of hydrogen-bond donors (Lipinski definition) is 2. The van der Waals surface area contributed by atoms with Crippen LogP contribution in [-0.4, -0.2) is 19.3 Å². The number of hydrogen-bond acceptors (Lipinski definition) is 4. The topological polar surface area (TPSA) is 88.2 Å². The predicted octanol–water partition coefficient (Wildman–Crippen LogP) is 3.27. The summed E-state index contributed by atoms with van der Waals surface area (Å²) < 4.78 is 40.8. The van der Waals surface area contributed by atoms with E-state index in [1.54, 1.807) is 12.1 Å². The van der Waals surface area contributed by atoms with Crippen molar-refractivity contribution in [1.82, 2.24) is 4.98 Å². The van der Waals surface area contributed by atoms with Crippen LogP contribution in [0.1, 0.15) is 10.4 Å². The Kier molecular flexibility index (Phi) is 4.94. The fraction of sp³-hybridized carbons (Fsp3) is 0. The number of halogens is 1. The van der Waals surface area contributed by atoms with Crippen LogP contribution in [0.5, 0.6) is 0 Å². The smallest absolute Gasteiger partial charge is 0.262 e.